The summed E-state index contributed by atoms with van der Waals surface area (Å²) in [4.78, 5) is 54.8. The Labute approximate surface area is 735 Å². The molecule has 0 aliphatic carbocycles. The predicted molar refractivity (Wildman–Crippen MR) is 491 cm³/mol. The summed E-state index contributed by atoms with van der Waals surface area (Å²) in [5.74, 6) is -2.27. The Morgan fingerprint density at radius 3 is 0.726 bits per heavy atom. The minimum atomic E-state index is -3.99. The number of para-hydroxylation sites is 4. The van der Waals surface area contributed by atoms with E-state index in [1.807, 2.05) is 50.8 Å². The van der Waals surface area contributed by atoms with Crippen LogP contribution in [0.1, 0.15) is 220 Å². The SMILES string of the molecule is CCCCN(CCCC)c1cc(C(=O)O)cc(S(=O)(=O)N(C)C)c1Oc1ccccc1.CCCCN(CCCC)c1cc(C(=O)O)cc(S(=O)(=O)NC)c1Oc1ccccc1.CCCCN(CCCC)c1cc(C(=O)O)cc(S(=O)(=O)NCC)c1Oc1ccccc1.CCCCN(CCCC)c1cc(C(=O)O)cc(S(=O)(=O)NCCC)c1Oc1ccccc1. The Bertz CT molecular complexity index is 5100. The number of hydrogen-bond acceptors (Lipinski definition) is 20. The van der Waals surface area contributed by atoms with Gasteiger partial charge in [-0.25, -0.2) is 71.3 Å². The van der Waals surface area contributed by atoms with Crippen molar-refractivity contribution < 1.29 is 92.2 Å². The van der Waals surface area contributed by atoms with E-state index in [4.69, 9.17) is 18.9 Å². The molecular formula is C92H128N8O20S4. The van der Waals surface area contributed by atoms with E-state index in [2.05, 4.69) is 69.6 Å². The van der Waals surface area contributed by atoms with Gasteiger partial charge in [-0.2, -0.15) is 0 Å². The highest BCUT2D eigenvalue weighted by Gasteiger charge is 2.34. The van der Waals surface area contributed by atoms with Crippen molar-refractivity contribution in [1.29, 1.82) is 0 Å². The fourth-order valence-corrected chi connectivity index (χ4v) is 17.0. The lowest BCUT2D eigenvalue weighted by Gasteiger charge is -2.29. The molecule has 8 aromatic rings. The van der Waals surface area contributed by atoms with Gasteiger partial charge in [0.25, 0.3) is 0 Å². The van der Waals surface area contributed by atoms with Crippen LogP contribution in [0.3, 0.4) is 0 Å². The summed E-state index contributed by atoms with van der Waals surface area (Å²) in [6.07, 6.45) is 15.4. The number of nitrogens with zero attached hydrogens (tertiary/aromatic N) is 5. The van der Waals surface area contributed by atoms with Crippen LogP contribution in [-0.4, -0.2) is 169 Å². The molecule has 0 aliphatic heterocycles. The molecule has 0 bridgehead atoms. The minimum Gasteiger partial charge on any atom is -0.478 e. The average Bonchev–Trinajstić information content (AvgIpc) is 0.778. The van der Waals surface area contributed by atoms with Crippen LogP contribution in [-0.2, 0) is 40.1 Å². The number of anilines is 4. The number of carboxylic acids is 4. The molecule has 0 unspecified atom stereocenters. The Kier molecular flexibility index (Phi) is 44.6. The summed E-state index contributed by atoms with van der Waals surface area (Å²) in [6.45, 7) is 26.0. The first-order chi connectivity index (χ1) is 59.2. The molecule has 0 spiro atoms. The van der Waals surface area contributed by atoms with Crippen molar-refractivity contribution in [2.24, 2.45) is 0 Å². The lowest BCUT2D eigenvalue weighted by atomic mass is 10.1. The zero-order valence-corrected chi connectivity index (χ0v) is 77.2. The second kappa shape index (κ2) is 53.1. The number of hydrogen-bond donors (Lipinski definition) is 7. The van der Waals surface area contributed by atoms with E-state index >= 15 is 0 Å². The molecule has 0 saturated heterocycles. The van der Waals surface area contributed by atoms with Crippen molar-refractivity contribution >= 4 is 86.7 Å². The number of carbonyl (C=O) groups is 4. The quantitative estimate of drug-likeness (QED) is 0.0186. The molecule has 0 saturated carbocycles. The van der Waals surface area contributed by atoms with Crippen LogP contribution in [0.5, 0.6) is 46.0 Å². The van der Waals surface area contributed by atoms with Crippen molar-refractivity contribution in [3.8, 4) is 46.0 Å². The van der Waals surface area contributed by atoms with Gasteiger partial charge in [0.1, 0.15) is 42.6 Å². The topological polar surface area (TPSA) is 375 Å². The number of sulfonamides is 4. The summed E-state index contributed by atoms with van der Waals surface area (Å²) in [7, 11) is -11.8. The molecule has 32 heteroatoms. The summed E-state index contributed by atoms with van der Waals surface area (Å²) in [5, 5.41) is 38.7. The first-order valence-electron chi connectivity index (χ1n) is 42.6. The van der Waals surface area contributed by atoms with E-state index in [9.17, 15) is 73.3 Å². The lowest BCUT2D eigenvalue weighted by molar-refractivity contribution is 0.0685. The van der Waals surface area contributed by atoms with Crippen LogP contribution in [0.15, 0.2) is 189 Å². The summed E-state index contributed by atoms with van der Waals surface area (Å²) < 4.78 is 137. The van der Waals surface area contributed by atoms with E-state index < -0.39 is 64.0 Å². The van der Waals surface area contributed by atoms with Crippen LogP contribution in [0.4, 0.5) is 22.7 Å². The van der Waals surface area contributed by atoms with Gasteiger partial charge >= 0.3 is 23.9 Å². The maximum atomic E-state index is 13.2. The van der Waals surface area contributed by atoms with Gasteiger partial charge in [-0.3, -0.25) is 0 Å². The van der Waals surface area contributed by atoms with E-state index in [1.165, 1.54) is 63.6 Å². The smallest absolute Gasteiger partial charge is 0.335 e. The van der Waals surface area contributed by atoms with E-state index in [0.717, 1.165) is 113 Å². The number of carboxylic acid groups (broad SMARTS) is 4. The Morgan fingerprint density at radius 1 is 0.306 bits per heavy atom. The number of benzene rings is 8. The highest BCUT2D eigenvalue weighted by atomic mass is 32.2. The van der Waals surface area contributed by atoms with Crippen molar-refractivity contribution in [2.75, 3.05) is 106 Å². The molecule has 0 fully saturated rings. The number of rotatable bonds is 51. The molecular weight excluding hydrogens is 1670 g/mol. The van der Waals surface area contributed by atoms with Crippen molar-refractivity contribution in [1.82, 2.24) is 18.5 Å². The molecule has 680 valence electrons. The first-order valence-corrected chi connectivity index (χ1v) is 48.5. The molecule has 0 aromatic heterocycles. The Balaban J connectivity index is 0.000000294. The molecule has 7 N–H and O–H groups in total. The molecule has 124 heavy (non-hydrogen) atoms. The third-order valence-corrected chi connectivity index (χ3v) is 25.6. The third-order valence-electron chi connectivity index (χ3n) is 19.4. The van der Waals surface area contributed by atoms with Gasteiger partial charge in [0.05, 0.1) is 45.0 Å². The largest absolute Gasteiger partial charge is 0.478 e. The van der Waals surface area contributed by atoms with Gasteiger partial charge in [-0.15, -0.1) is 0 Å². The van der Waals surface area contributed by atoms with E-state index in [1.54, 1.807) is 104 Å². The van der Waals surface area contributed by atoms with Crippen LogP contribution in [0.25, 0.3) is 0 Å². The normalized spacial score (nSPS) is 11.4. The van der Waals surface area contributed by atoms with Crippen LogP contribution >= 0.6 is 0 Å². The third kappa shape index (κ3) is 31.7. The molecule has 0 atom stereocenters. The molecule has 8 aromatic carbocycles. The molecule has 8 rings (SSSR count). The van der Waals surface area contributed by atoms with Gasteiger partial charge in [0, 0.05) is 79.5 Å². The molecule has 28 nitrogen and oxygen atoms in total. The fourth-order valence-electron chi connectivity index (χ4n) is 12.5. The molecule has 0 amide bonds. The number of unbranched alkanes of at least 4 members (excludes halogenated alkanes) is 8. The average molecular weight is 1790 g/mol. The maximum Gasteiger partial charge on any atom is 0.335 e. The van der Waals surface area contributed by atoms with Gasteiger partial charge in [-0.05, 0) is 162 Å². The zero-order chi connectivity index (χ0) is 91.6. The van der Waals surface area contributed by atoms with Crippen LogP contribution in [0, 0.1) is 0 Å². The van der Waals surface area contributed by atoms with Gasteiger partial charge in [0.2, 0.25) is 40.1 Å². The van der Waals surface area contributed by atoms with Crippen LogP contribution < -0.4 is 52.7 Å². The van der Waals surface area contributed by atoms with Crippen molar-refractivity contribution in [3.05, 3.63) is 192 Å². The Hall–Kier alpha value is -10.3. The maximum absolute atomic E-state index is 13.2. The minimum absolute atomic E-state index is 0.0877. The highest BCUT2D eigenvalue weighted by molar-refractivity contribution is 7.90. The highest BCUT2D eigenvalue weighted by Crippen LogP contribution is 2.45. The number of nitrogens with one attached hydrogen (secondary N) is 3. The standard InChI is InChI=1S/C24H34N2O5S.2C23H32N2O5S.C22H30N2O5S/c1-4-7-15-26(16-8-5-2)21-17-19(24(27)28)18-22(32(29,30)25-14-6-3)23(21)31-20-12-10-9-11-13-20;1-5-7-14-25(15-8-6-2)20-16-18(23(26)27)17-21(31(28,29)24(3)4)22(20)30-19-12-10-9-11-13-19;1-4-7-14-25(15-8-5-2)20-16-18(23(26)27)17-21(31(28,29)24-6-3)22(20)30-19-12-10-9-11-13-19;1-4-6-13-24(14-7-5-2)19-15-17(22(25)26)16-20(30(27,28)23-3)21(19)29-18-11-9-8-10-12-18/h9-13,17-18,25H,4-8,14-16H2,1-3H3,(H,27,28);9-13,16-17H,5-8,14-15H2,1-4H3,(H,26,27);9-13,16-17,24H,4-8,14-15H2,1-3H3,(H,26,27);8-12,15-16,23H,4-7,13-14H2,1-3H3,(H,25,26). The van der Waals surface area contributed by atoms with Crippen molar-refractivity contribution in [2.45, 2.75) is 198 Å². The van der Waals surface area contributed by atoms with E-state index in [0.29, 0.717) is 105 Å². The summed E-state index contributed by atoms with van der Waals surface area (Å²) in [5.41, 5.74) is 1.53. The number of ether oxygens (including phenoxy) is 4. The van der Waals surface area contributed by atoms with Crippen LogP contribution in [0.2, 0.25) is 0 Å². The van der Waals surface area contributed by atoms with Crippen molar-refractivity contribution in [3.63, 3.8) is 0 Å². The Morgan fingerprint density at radius 2 is 0.524 bits per heavy atom. The first kappa shape index (κ1) is 104. The van der Waals surface area contributed by atoms with Gasteiger partial charge in [-0.1, -0.05) is 193 Å². The predicted octanol–water partition coefficient (Wildman–Crippen LogP) is 19.5. The summed E-state index contributed by atoms with van der Waals surface area (Å²) >= 11 is 0. The second-order valence-corrected chi connectivity index (χ2v) is 36.8. The van der Waals surface area contributed by atoms with Gasteiger partial charge in [0.15, 0.2) is 23.0 Å². The molecule has 0 aliphatic rings. The van der Waals surface area contributed by atoms with Gasteiger partial charge < -0.3 is 59.0 Å². The number of aromatic carboxylic acids is 4. The fraction of sp³-hybridized carbons (Fsp3) is 0.435. The monoisotopic (exact) mass is 1790 g/mol. The second-order valence-electron chi connectivity index (χ2n) is 29.3. The molecule has 0 heterocycles. The molecule has 0 radical (unpaired) electrons. The zero-order valence-electron chi connectivity index (χ0n) is 73.9. The lowest BCUT2D eigenvalue weighted by Crippen LogP contribution is -2.29. The van der Waals surface area contributed by atoms with E-state index in [-0.39, 0.29) is 77.9 Å². The summed E-state index contributed by atoms with van der Waals surface area (Å²) in [6, 6.07) is 46.3.